The SMILES string of the molecule is CC(C)n1cnc2c1[C@H](C(=O)NCc1ccc(F)c(F)c1)N(Cc1ccccc1)CC2. The first-order chi connectivity index (χ1) is 14.9. The minimum Gasteiger partial charge on any atom is -0.350 e. The number of nitrogens with zero attached hydrogens (tertiary/aromatic N) is 3. The smallest absolute Gasteiger partial charge is 0.243 e. The van der Waals surface area contributed by atoms with Crippen molar-refractivity contribution in [2.24, 2.45) is 0 Å². The molecule has 0 aliphatic carbocycles. The van der Waals surface area contributed by atoms with Crippen molar-refractivity contribution < 1.29 is 13.6 Å². The number of aromatic nitrogens is 2. The summed E-state index contributed by atoms with van der Waals surface area (Å²) >= 11 is 0. The highest BCUT2D eigenvalue weighted by Crippen LogP contribution is 2.32. The van der Waals surface area contributed by atoms with Gasteiger partial charge in [-0.25, -0.2) is 13.8 Å². The van der Waals surface area contributed by atoms with Crippen molar-refractivity contribution in [3.63, 3.8) is 0 Å². The normalized spacial score (nSPS) is 16.4. The molecule has 0 bridgehead atoms. The fourth-order valence-electron chi connectivity index (χ4n) is 4.08. The molecule has 0 saturated heterocycles. The number of rotatable bonds is 6. The van der Waals surface area contributed by atoms with Crippen molar-refractivity contribution in [1.29, 1.82) is 0 Å². The molecule has 1 aliphatic heterocycles. The molecule has 1 amide bonds. The van der Waals surface area contributed by atoms with Gasteiger partial charge in [0, 0.05) is 32.1 Å². The lowest BCUT2D eigenvalue weighted by Gasteiger charge is -2.36. The van der Waals surface area contributed by atoms with Crippen molar-refractivity contribution in [3.05, 3.63) is 89.0 Å². The fourth-order valence-corrected chi connectivity index (χ4v) is 4.08. The number of imidazole rings is 1. The van der Waals surface area contributed by atoms with Crippen LogP contribution in [-0.2, 0) is 24.3 Å². The Morgan fingerprint density at radius 3 is 2.61 bits per heavy atom. The summed E-state index contributed by atoms with van der Waals surface area (Å²) in [5.74, 6) is -2.00. The Hall–Kier alpha value is -3.06. The Labute approximate surface area is 180 Å². The Bertz CT molecular complexity index is 1060. The number of carbonyl (C=O) groups is 1. The molecule has 0 spiro atoms. The highest BCUT2D eigenvalue weighted by atomic mass is 19.2. The van der Waals surface area contributed by atoms with E-state index in [1.807, 2.05) is 34.9 Å². The minimum atomic E-state index is -0.921. The molecule has 162 valence electrons. The van der Waals surface area contributed by atoms with Crippen molar-refractivity contribution >= 4 is 5.91 Å². The molecule has 0 radical (unpaired) electrons. The van der Waals surface area contributed by atoms with Crippen molar-refractivity contribution in [2.75, 3.05) is 6.54 Å². The van der Waals surface area contributed by atoms with Gasteiger partial charge in [-0.05, 0) is 37.1 Å². The number of fused-ring (bicyclic) bond motifs is 1. The Kier molecular flexibility index (Phi) is 6.13. The summed E-state index contributed by atoms with van der Waals surface area (Å²) < 4.78 is 28.8. The summed E-state index contributed by atoms with van der Waals surface area (Å²) in [5, 5.41) is 2.92. The molecule has 3 aromatic rings. The summed E-state index contributed by atoms with van der Waals surface area (Å²) in [5.41, 5.74) is 3.47. The van der Waals surface area contributed by atoms with Gasteiger partial charge in [0.05, 0.1) is 17.7 Å². The van der Waals surface area contributed by atoms with Gasteiger partial charge in [0.2, 0.25) is 5.91 Å². The van der Waals surface area contributed by atoms with Crippen LogP contribution in [0.5, 0.6) is 0 Å². The number of nitrogens with one attached hydrogen (secondary N) is 1. The summed E-state index contributed by atoms with van der Waals surface area (Å²) in [7, 11) is 0. The van der Waals surface area contributed by atoms with Gasteiger partial charge in [0.25, 0.3) is 0 Å². The van der Waals surface area contributed by atoms with Gasteiger partial charge in [-0.15, -0.1) is 0 Å². The summed E-state index contributed by atoms with van der Waals surface area (Å²) in [6.07, 6.45) is 2.58. The van der Waals surface area contributed by atoms with E-state index in [9.17, 15) is 13.6 Å². The quantitative estimate of drug-likeness (QED) is 0.647. The monoisotopic (exact) mass is 424 g/mol. The van der Waals surface area contributed by atoms with Crippen LogP contribution in [0, 0.1) is 11.6 Å². The van der Waals surface area contributed by atoms with Gasteiger partial charge in [0.1, 0.15) is 6.04 Å². The summed E-state index contributed by atoms with van der Waals surface area (Å²) in [6, 6.07) is 13.4. The molecule has 7 heteroatoms. The molecular weight excluding hydrogens is 398 g/mol. The lowest BCUT2D eigenvalue weighted by atomic mass is 9.99. The molecule has 1 N–H and O–H groups in total. The largest absolute Gasteiger partial charge is 0.350 e. The second-order valence-corrected chi connectivity index (χ2v) is 8.15. The molecule has 1 atom stereocenters. The van der Waals surface area contributed by atoms with E-state index in [-0.39, 0.29) is 18.5 Å². The maximum Gasteiger partial charge on any atom is 0.243 e. The van der Waals surface area contributed by atoms with Gasteiger partial charge >= 0.3 is 0 Å². The lowest BCUT2D eigenvalue weighted by molar-refractivity contribution is -0.127. The average molecular weight is 424 g/mol. The minimum absolute atomic E-state index is 0.122. The number of hydrogen-bond acceptors (Lipinski definition) is 3. The first-order valence-corrected chi connectivity index (χ1v) is 10.5. The molecule has 0 unspecified atom stereocenters. The lowest BCUT2D eigenvalue weighted by Crippen LogP contribution is -2.45. The van der Waals surface area contributed by atoms with Crippen LogP contribution in [0.15, 0.2) is 54.9 Å². The molecule has 1 aromatic heterocycles. The second kappa shape index (κ2) is 8.98. The number of benzene rings is 2. The van der Waals surface area contributed by atoms with Crippen LogP contribution in [0.4, 0.5) is 8.78 Å². The van der Waals surface area contributed by atoms with Crippen LogP contribution in [0.2, 0.25) is 0 Å². The van der Waals surface area contributed by atoms with E-state index >= 15 is 0 Å². The Morgan fingerprint density at radius 2 is 1.90 bits per heavy atom. The van der Waals surface area contributed by atoms with E-state index in [0.29, 0.717) is 18.7 Å². The van der Waals surface area contributed by atoms with Crippen molar-refractivity contribution in [3.8, 4) is 0 Å². The molecule has 4 rings (SSSR count). The molecule has 2 aromatic carbocycles. The maximum absolute atomic E-state index is 13.6. The number of carbonyl (C=O) groups excluding carboxylic acids is 1. The summed E-state index contributed by atoms with van der Waals surface area (Å²) in [6.45, 7) is 5.59. The van der Waals surface area contributed by atoms with Crippen molar-refractivity contribution in [2.45, 2.75) is 45.4 Å². The number of halogens is 2. The fraction of sp³-hybridized carbons (Fsp3) is 0.333. The highest BCUT2D eigenvalue weighted by Gasteiger charge is 2.36. The topological polar surface area (TPSA) is 50.2 Å². The molecule has 0 fully saturated rings. The zero-order valence-corrected chi connectivity index (χ0v) is 17.7. The van der Waals surface area contributed by atoms with E-state index in [1.54, 1.807) is 6.33 Å². The molecule has 1 aliphatic rings. The summed E-state index contributed by atoms with van der Waals surface area (Å²) in [4.78, 5) is 20.1. The predicted octanol–water partition coefficient (Wildman–Crippen LogP) is 4.16. The van der Waals surface area contributed by atoms with Crippen LogP contribution in [0.3, 0.4) is 0 Å². The van der Waals surface area contributed by atoms with E-state index in [0.717, 1.165) is 35.5 Å². The molecule has 5 nitrogen and oxygen atoms in total. The predicted molar refractivity (Wildman–Crippen MR) is 114 cm³/mol. The van der Waals surface area contributed by atoms with Gasteiger partial charge in [-0.2, -0.15) is 0 Å². The van der Waals surface area contributed by atoms with E-state index in [4.69, 9.17) is 0 Å². The van der Waals surface area contributed by atoms with E-state index in [1.165, 1.54) is 6.07 Å². The van der Waals surface area contributed by atoms with Gasteiger partial charge in [0.15, 0.2) is 11.6 Å². The zero-order valence-electron chi connectivity index (χ0n) is 17.7. The third-order valence-corrected chi connectivity index (χ3v) is 5.66. The van der Waals surface area contributed by atoms with Gasteiger partial charge in [-0.1, -0.05) is 36.4 Å². The first-order valence-electron chi connectivity index (χ1n) is 10.5. The van der Waals surface area contributed by atoms with E-state index in [2.05, 4.69) is 29.0 Å². The van der Waals surface area contributed by atoms with Gasteiger partial charge < -0.3 is 9.88 Å². The molecule has 31 heavy (non-hydrogen) atoms. The van der Waals surface area contributed by atoms with Crippen molar-refractivity contribution in [1.82, 2.24) is 19.8 Å². The second-order valence-electron chi connectivity index (χ2n) is 8.15. The Balaban J connectivity index is 1.61. The highest BCUT2D eigenvalue weighted by molar-refractivity contribution is 5.83. The maximum atomic E-state index is 13.6. The van der Waals surface area contributed by atoms with Crippen LogP contribution < -0.4 is 5.32 Å². The number of hydrogen-bond donors (Lipinski definition) is 1. The van der Waals surface area contributed by atoms with Crippen LogP contribution in [-0.4, -0.2) is 26.9 Å². The Morgan fingerprint density at radius 1 is 1.13 bits per heavy atom. The molecule has 0 saturated carbocycles. The number of amides is 1. The van der Waals surface area contributed by atoms with Gasteiger partial charge in [-0.3, -0.25) is 9.69 Å². The van der Waals surface area contributed by atoms with Crippen LogP contribution in [0.25, 0.3) is 0 Å². The van der Waals surface area contributed by atoms with Crippen LogP contribution in [0.1, 0.15) is 48.4 Å². The standard InChI is InChI=1S/C24H26F2N4O/c1-16(2)30-15-28-21-10-11-29(14-17-6-4-3-5-7-17)23(22(21)30)24(31)27-13-18-8-9-19(25)20(26)12-18/h3-9,12,15-16,23H,10-11,13-14H2,1-2H3,(H,27,31)/t23-/m1/s1. The van der Waals surface area contributed by atoms with Crippen LogP contribution >= 0.6 is 0 Å². The zero-order chi connectivity index (χ0) is 22.0. The third-order valence-electron chi connectivity index (χ3n) is 5.66. The van der Waals surface area contributed by atoms with E-state index < -0.39 is 17.7 Å². The molecular formula is C24H26F2N4O. The first kappa shape index (κ1) is 21.2. The molecule has 2 heterocycles. The third kappa shape index (κ3) is 4.51. The average Bonchev–Trinajstić information content (AvgIpc) is 3.19.